The lowest BCUT2D eigenvalue weighted by molar-refractivity contribution is 0.279. The molecule has 0 amide bonds. The van der Waals surface area contributed by atoms with Gasteiger partial charge in [0.05, 0.1) is 0 Å². The first kappa shape index (κ1) is 22.8. The van der Waals surface area contributed by atoms with Crippen molar-refractivity contribution >= 4 is 5.69 Å². The summed E-state index contributed by atoms with van der Waals surface area (Å²) in [5.41, 5.74) is 1.32. The van der Waals surface area contributed by atoms with Gasteiger partial charge in [-0.2, -0.15) is 0 Å². The van der Waals surface area contributed by atoms with E-state index in [0.717, 1.165) is 6.54 Å². The third-order valence-electron chi connectivity index (χ3n) is 5.97. The van der Waals surface area contributed by atoms with Crippen LogP contribution in [0.15, 0.2) is 42.7 Å². The highest BCUT2D eigenvalue weighted by molar-refractivity contribution is 5.51. The molecule has 0 N–H and O–H groups in total. The second-order valence-electron chi connectivity index (χ2n) is 8.44. The van der Waals surface area contributed by atoms with Gasteiger partial charge < -0.3 is 9.80 Å². The molecule has 1 aromatic rings. The highest BCUT2D eigenvalue weighted by Crippen LogP contribution is 2.28. The van der Waals surface area contributed by atoms with Crippen LogP contribution in [0.5, 0.6) is 0 Å². The first-order valence-corrected chi connectivity index (χ1v) is 12.1. The standard InChI is InChI=1S/C26H44N2/c1-3-5-6-7-8-9-10-11-12-13-14-18-21-26-27(22-4-2)23-24-28(26)25-19-16-15-17-20-25/h15-17,19-20,23-24,26H,3-14,18,21-22H2,1-2H3. The molecule has 0 saturated heterocycles. The molecule has 28 heavy (non-hydrogen) atoms. The fourth-order valence-corrected chi connectivity index (χ4v) is 4.33. The van der Waals surface area contributed by atoms with Gasteiger partial charge in [-0.15, -0.1) is 0 Å². The Morgan fingerprint density at radius 2 is 1.21 bits per heavy atom. The van der Waals surface area contributed by atoms with Crippen molar-refractivity contribution in [1.82, 2.24) is 4.90 Å². The van der Waals surface area contributed by atoms with Gasteiger partial charge in [0.2, 0.25) is 0 Å². The number of para-hydroxylation sites is 1. The monoisotopic (exact) mass is 384 g/mol. The minimum atomic E-state index is 0.505. The van der Waals surface area contributed by atoms with Crippen LogP contribution in [0.4, 0.5) is 5.69 Å². The summed E-state index contributed by atoms with van der Waals surface area (Å²) >= 11 is 0. The molecule has 2 rings (SSSR count). The van der Waals surface area contributed by atoms with Crippen LogP contribution in [0.1, 0.15) is 104 Å². The van der Waals surface area contributed by atoms with Crippen molar-refractivity contribution < 1.29 is 0 Å². The lowest BCUT2D eigenvalue weighted by atomic mass is 10.0. The molecule has 1 unspecified atom stereocenters. The van der Waals surface area contributed by atoms with Crippen molar-refractivity contribution in [2.45, 2.75) is 110 Å². The minimum Gasteiger partial charge on any atom is -0.356 e. The molecule has 1 atom stereocenters. The van der Waals surface area contributed by atoms with Gasteiger partial charge in [-0.3, -0.25) is 0 Å². The zero-order valence-corrected chi connectivity index (χ0v) is 18.6. The fourth-order valence-electron chi connectivity index (χ4n) is 4.33. The highest BCUT2D eigenvalue weighted by Gasteiger charge is 2.26. The third kappa shape index (κ3) is 8.29. The van der Waals surface area contributed by atoms with Crippen molar-refractivity contribution in [2.75, 3.05) is 11.4 Å². The molecule has 0 radical (unpaired) electrons. The van der Waals surface area contributed by atoms with Crippen LogP contribution in [0.25, 0.3) is 0 Å². The third-order valence-corrected chi connectivity index (χ3v) is 5.97. The van der Waals surface area contributed by atoms with E-state index in [1.165, 1.54) is 95.6 Å². The Morgan fingerprint density at radius 3 is 1.79 bits per heavy atom. The van der Waals surface area contributed by atoms with E-state index in [0.29, 0.717) is 6.17 Å². The van der Waals surface area contributed by atoms with Gasteiger partial charge in [0.1, 0.15) is 6.17 Å². The number of hydrogen-bond acceptors (Lipinski definition) is 2. The second kappa shape index (κ2) is 14.5. The maximum atomic E-state index is 2.53. The molecule has 0 aromatic heterocycles. The van der Waals surface area contributed by atoms with Crippen molar-refractivity contribution in [3.05, 3.63) is 42.7 Å². The summed E-state index contributed by atoms with van der Waals surface area (Å²) in [7, 11) is 0. The lowest BCUT2D eigenvalue weighted by Gasteiger charge is -2.33. The number of unbranched alkanes of at least 4 members (excludes halogenated alkanes) is 11. The molecule has 0 fully saturated rings. The van der Waals surface area contributed by atoms with Crippen molar-refractivity contribution in [2.24, 2.45) is 0 Å². The number of benzene rings is 1. The van der Waals surface area contributed by atoms with Gasteiger partial charge in [0.15, 0.2) is 0 Å². The summed E-state index contributed by atoms with van der Waals surface area (Å²) in [5.74, 6) is 0. The summed E-state index contributed by atoms with van der Waals surface area (Å²) in [5, 5.41) is 0. The highest BCUT2D eigenvalue weighted by atomic mass is 15.4. The first-order chi connectivity index (χ1) is 13.9. The number of hydrogen-bond donors (Lipinski definition) is 0. The van der Waals surface area contributed by atoms with Crippen LogP contribution in [0.2, 0.25) is 0 Å². The van der Waals surface area contributed by atoms with Crippen LogP contribution in [0, 0.1) is 0 Å². The van der Waals surface area contributed by atoms with Gasteiger partial charge in [0.25, 0.3) is 0 Å². The Bertz CT molecular complexity index is 510. The Hall–Kier alpha value is -1.44. The lowest BCUT2D eigenvalue weighted by Crippen LogP contribution is -2.39. The second-order valence-corrected chi connectivity index (χ2v) is 8.44. The van der Waals surface area contributed by atoms with Crippen molar-refractivity contribution in [3.63, 3.8) is 0 Å². The summed E-state index contributed by atoms with van der Waals surface area (Å²) in [6, 6.07) is 10.9. The molecule has 2 heteroatoms. The molecular formula is C26H44N2. The summed E-state index contributed by atoms with van der Waals surface area (Å²) in [6.45, 7) is 5.73. The quantitative estimate of drug-likeness (QED) is 0.266. The van der Waals surface area contributed by atoms with Crippen molar-refractivity contribution in [3.8, 4) is 0 Å². The van der Waals surface area contributed by atoms with E-state index in [1.807, 2.05) is 0 Å². The zero-order valence-electron chi connectivity index (χ0n) is 18.6. The van der Waals surface area contributed by atoms with E-state index in [4.69, 9.17) is 0 Å². The number of nitrogens with zero attached hydrogens (tertiary/aromatic N) is 2. The molecule has 1 aliphatic heterocycles. The zero-order chi connectivity index (χ0) is 19.9. The fraction of sp³-hybridized carbons (Fsp3) is 0.692. The maximum absolute atomic E-state index is 2.53. The van der Waals surface area contributed by atoms with E-state index in [1.54, 1.807) is 0 Å². The molecule has 0 saturated carbocycles. The normalized spacial score (nSPS) is 16.3. The molecule has 1 heterocycles. The smallest absolute Gasteiger partial charge is 0.105 e. The van der Waals surface area contributed by atoms with Crippen LogP contribution in [-0.4, -0.2) is 17.6 Å². The molecule has 2 nitrogen and oxygen atoms in total. The van der Waals surface area contributed by atoms with E-state index in [2.05, 4.69) is 66.4 Å². The van der Waals surface area contributed by atoms with E-state index < -0.39 is 0 Å². The molecule has 158 valence electrons. The molecule has 1 aliphatic rings. The molecule has 0 aliphatic carbocycles. The van der Waals surface area contributed by atoms with Gasteiger partial charge in [-0.05, 0) is 31.4 Å². The summed E-state index contributed by atoms with van der Waals surface area (Å²) < 4.78 is 0. The Morgan fingerprint density at radius 1 is 0.643 bits per heavy atom. The molecular weight excluding hydrogens is 340 g/mol. The van der Waals surface area contributed by atoms with E-state index in [9.17, 15) is 0 Å². The van der Waals surface area contributed by atoms with Crippen LogP contribution < -0.4 is 4.90 Å². The molecule has 0 spiro atoms. The van der Waals surface area contributed by atoms with Crippen LogP contribution in [-0.2, 0) is 0 Å². The maximum Gasteiger partial charge on any atom is 0.105 e. The number of rotatable bonds is 16. The van der Waals surface area contributed by atoms with Crippen LogP contribution >= 0.6 is 0 Å². The van der Waals surface area contributed by atoms with Crippen molar-refractivity contribution in [1.29, 1.82) is 0 Å². The molecule has 1 aromatic carbocycles. The van der Waals surface area contributed by atoms with Gasteiger partial charge in [0, 0.05) is 24.6 Å². The van der Waals surface area contributed by atoms with E-state index >= 15 is 0 Å². The molecule has 0 bridgehead atoms. The SMILES string of the molecule is CCCCCCCCCCCCCCC1N(CCC)C=CN1c1ccccc1. The van der Waals surface area contributed by atoms with Gasteiger partial charge in [-0.25, -0.2) is 0 Å². The topological polar surface area (TPSA) is 6.48 Å². The van der Waals surface area contributed by atoms with E-state index in [-0.39, 0.29) is 0 Å². The average Bonchev–Trinajstić information content (AvgIpc) is 3.12. The Kier molecular flexibility index (Phi) is 11.9. The predicted octanol–water partition coefficient (Wildman–Crippen LogP) is 8.11. The van der Waals surface area contributed by atoms with Gasteiger partial charge in [-0.1, -0.05) is 103 Å². The summed E-state index contributed by atoms with van der Waals surface area (Å²) in [4.78, 5) is 5.00. The largest absolute Gasteiger partial charge is 0.356 e. The Balaban J connectivity index is 1.58. The van der Waals surface area contributed by atoms with Gasteiger partial charge >= 0.3 is 0 Å². The first-order valence-electron chi connectivity index (χ1n) is 12.1. The minimum absolute atomic E-state index is 0.505. The predicted molar refractivity (Wildman–Crippen MR) is 125 cm³/mol. The average molecular weight is 385 g/mol. The summed E-state index contributed by atoms with van der Waals surface area (Å²) in [6.07, 6.45) is 24.6. The Labute approximate surface area is 175 Å². The van der Waals surface area contributed by atoms with Crippen LogP contribution in [0.3, 0.4) is 0 Å². The number of anilines is 1.